The van der Waals surface area contributed by atoms with Crippen LogP contribution in [0.5, 0.6) is 11.6 Å². The van der Waals surface area contributed by atoms with Crippen molar-refractivity contribution in [1.82, 2.24) is 10.2 Å². The Kier molecular flexibility index (Phi) is 3.82. The number of rotatable bonds is 3. The van der Waals surface area contributed by atoms with Gasteiger partial charge in [-0.2, -0.15) is 5.26 Å². The third-order valence-electron chi connectivity index (χ3n) is 4.45. The monoisotopic (exact) mass is 344 g/mol. The second-order valence-electron chi connectivity index (χ2n) is 5.88. The topological polar surface area (TPSA) is 96.9 Å². The van der Waals surface area contributed by atoms with Crippen LogP contribution in [0.2, 0.25) is 0 Å². The lowest BCUT2D eigenvalue weighted by Gasteiger charge is -2.24. The average molecular weight is 344 g/mol. The highest BCUT2D eigenvalue weighted by molar-refractivity contribution is 5.70. The molecule has 0 spiro atoms. The van der Waals surface area contributed by atoms with Gasteiger partial charge in [-0.25, -0.2) is 0 Å². The van der Waals surface area contributed by atoms with Crippen molar-refractivity contribution in [1.29, 1.82) is 5.26 Å². The van der Waals surface area contributed by atoms with E-state index in [0.29, 0.717) is 11.5 Å². The molecule has 26 heavy (non-hydrogen) atoms. The zero-order valence-corrected chi connectivity index (χ0v) is 14.1. The number of allylic oxidation sites excluding steroid dienone is 1. The molecule has 1 atom stereocenters. The van der Waals surface area contributed by atoms with E-state index in [4.69, 9.17) is 15.2 Å². The third-order valence-corrected chi connectivity index (χ3v) is 4.45. The zero-order valence-electron chi connectivity index (χ0n) is 14.1. The van der Waals surface area contributed by atoms with E-state index in [1.165, 1.54) is 0 Å². The number of nitrogens with two attached hydrogens (primary N) is 1. The second kappa shape index (κ2) is 6.30. The van der Waals surface area contributed by atoms with Gasteiger partial charge in [-0.3, -0.25) is 5.10 Å². The van der Waals surface area contributed by atoms with Crippen LogP contribution in [-0.4, -0.2) is 17.3 Å². The summed E-state index contributed by atoms with van der Waals surface area (Å²) in [4.78, 5) is 0. The number of nitriles is 1. The molecule has 1 unspecified atom stereocenters. The quantitative estimate of drug-likeness (QED) is 0.760. The molecule has 0 saturated carbocycles. The van der Waals surface area contributed by atoms with E-state index in [1.54, 1.807) is 7.11 Å². The first-order valence-corrected chi connectivity index (χ1v) is 8.08. The summed E-state index contributed by atoms with van der Waals surface area (Å²) in [5.74, 6) is 0.837. The Hall–Kier alpha value is -3.72. The molecular weight excluding hydrogens is 328 g/mol. The first-order chi connectivity index (χ1) is 12.7. The van der Waals surface area contributed by atoms with Crippen LogP contribution in [-0.2, 0) is 0 Å². The number of hydrogen-bond acceptors (Lipinski definition) is 5. The molecule has 6 heteroatoms. The summed E-state index contributed by atoms with van der Waals surface area (Å²) in [6, 6.07) is 19.6. The van der Waals surface area contributed by atoms with Crippen molar-refractivity contribution in [2.75, 3.05) is 7.11 Å². The van der Waals surface area contributed by atoms with E-state index >= 15 is 0 Å². The summed E-state index contributed by atoms with van der Waals surface area (Å²) in [7, 11) is 1.61. The number of hydrogen-bond donors (Lipinski definition) is 2. The van der Waals surface area contributed by atoms with Crippen LogP contribution in [0.25, 0.3) is 11.3 Å². The van der Waals surface area contributed by atoms with Crippen LogP contribution in [0, 0.1) is 11.3 Å². The predicted molar refractivity (Wildman–Crippen MR) is 96.3 cm³/mol. The van der Waals surface area contributed by atoms with E-state index < -0.39 is 0 Å². The molecule has 0 aliphatic carbocycles. The Balaban J connectivity index is 1.92. The molecule has 0 saturated heterocycles. The minimum Gasteiger partial charge on any atom is -0.497 e. The summed E-state index contributed by atoms with van der Waals surface area (Å²) in [6.07, 6.45) is 0. The lowest BCUT2D eigenvalue weighted by Crippen LogP contribution is -2.20. The number of ether oxygens (including phenoxy) is 2. The van der Waals surface area contributed by atoms with Gasteiger partial charge in [0.25, 0.3) is 0 Å². The lowest BCUT2D eigenvalue weighted by molar-refractivity contribution is 0.379. The molecule has 2 aromatic carbocycles. The van der Waals surface area contributed by atoms with E-state index in [1.807, 2.05) is 54.6 Å². The van der Waals surface area contributed by atoms with Crippen LogP contribution >= 0.6 is 0 Å². The minimum absolute atomic E-state index is 0.0759. The number of nitrogens with one attached hydrogen (secondary N) is 1. The van der Waals surface area contributed by atoms with Crippen LogP contribution in [0.4, 0.5) is 0 Å². The molecular formula is C20H16N4O2. The number of fused-ring (bicyclic) bond motifs is 1. The van der Waals surface area contributed by atoms with Gasteiger partial charge >= 0.3 is 0 Å². The Morgan fingerprint density at radius 3 is 2.54 bits per heavy atom. The molecule has 1 aliphatic heterocycles. The van der Waals surface area contributed by atoms with E-state index in [-0.39, 0.29) is 11.8 Å². The molecule has 1 aromatic heterocycles. The average Bonchev–Trinajstić information content (AvgIpc) is 3.11. The maximum Gasteiger partial charge on any atom is 0.244 e. The summed E-state index contributed by atoms with van der Waals surface area (Å²) >= 11 is 0. The predicted octanol–water partition coefficient (Wildman–Crippen LogP) is 3.30. The van der Waals surface area contributed by atoms with Gasteiger partial charge in [-0.05, 0) is 23.3 Å². The maximum atomic E-state index is 9.70. The maximum absolute atomic E-state index is 9.70. The fourth-order valence-electron chi connectivity index (χ4n) is 3.20. The van der Waals surface area contributed by atoms with Crippen molar-refractivity contribution in [3.63, 3.8) is 0 Å². The van der Waals surface area contributed by atoms with Crippen molar-refractivity contribution in [3.8, 4) is 29.0 Å². The van der Waals surface area contributed by atoms with E-state index in [9.17, 15) is 5.26 Å². The van der Waals surface area contributed by atoms with Gasteiger partial charge in [-0.1, -0.05) is 42.5 Å². The number of aromatic nitrogens is 2. The standard InChI is InChI=1S/C20H16N4O2/c1-25-14-9-7-12(8-10-14)16-15(11-21)19(22)26-20-17(16)18(23-24-20)13-5-3-2-4-6-13/h2-10,16H,22H2,1H3,(H,23,24). The highest BCUT2D eigenvalue weighted by atomic mass is 16.5. The summed E-state index contributed by atoms with van der Waals surface area (Å²) in [6.45, 7) is 0. The first-order valence-electron chi connectivity index (χ1n) is 8.08. The summed E-state index contributed by atoms with van der Waals surface area (Å²) in [5, 5.41) is 17.0. The lowest BCUT2D eigenvalue weighted by atomic mass is 9.83. The van der Waals surface area contributed by atoms with Crippen molar-refractivity contribution in [2.45, 2.75) is 5.92 Å². The van der Waals surface area contributed by atoms with Gasteiger partial charge < -0.3 is 15.2 Å². The molecule has 6 nitrogen and oxygen atoms in total. The van der Waals surface area contributed by atoms with Crippen LogP contribution in [0.3, 0.4) is 0 Å². The number of aromatic amines is 1. The first kappa shape index (κ1) is 15.8. The minimum atomic E-state index is -0.372. The van der Waals surface area contributed by atoms with Gasteiger partial charge in [0.1, 0.15) is 17.4 Å². The molecule has 2 heterocycles. The normalized spacial score (nSPS) is 15.8. The summed E-state index contributed by atoms with van der Waals surface area (Å²) in [5.41, 5.74) is 9.83. The Morgan fingerprint density at radius 1 is 1.15 bits per heavy atom. The smallest absolute Gasteiger partial charge is 0.244 e. The van der Waals surface area contributed by atoms with Gasteiger partial charge in [0, 0.05) is 0 Å². The van der Waals surface area contributed by atoms with Crippen LogP contribution < -0.4 is 15.2 Å². The van der Waals surface area contributed by atoms with Gasteiger partial charge in [0.15, 0.2) is 0 Å². The Bertz CT molecular complexity index is 1010. The summed E-state index contributed by atoms with van der Waals surface area (Å²) < 4.78 is 10.8. The van der Waals surface area contributed by atoms with Crippen molar-refractivity contribution < 1.29 is 9.47 Å². The number of H-pyrrole nitrogens is 1. The van der Waals surface area contributed by atoms with E-state index in [0.717, 1.165) is 28.1 Å². The zero-order chi connectivity index (χ0) is 18.1. The van der Waals surface area contributed by atoms with Crippen molar-refractivity contribution in [3.05, 3.63) is 77.2 Å². The number of methoxy groups -OCH3 is 1. The highest BCUT2D eigenvalue weighted by Crippen LogP contribution is 2.45. The van der Waals surface area contributed by atoms with Gasteiger partial charge in [-0.15, -0.1) is 5.10 Å². The molecule has 4 rings (SSSR count). The third kappa shape index (κ3) is 2.47. The molecule has 3 N–H and O–H groups in total. The van der Waals surface area contributed by atoms with Crippen molar-refractivity contribution in [2.24, 2.45) is 5.73 Å². The largest absolute Gasteiger partial charge is 0.497 e. The SMILES string of the molecule is COc1ccc(C2C(C#N)=C(N)Oc3n[nH]c(-c4ccccc4)c32)cc1. The Labute approximate surface area is 150 Å². The molecule has 1 aliphatic rings. The molecule has 0 amide bonds. The highest BCUT2D eigenvalue weighted by Gasteiger charge is 2.35. The van der Waals surface area contributed by atoms with Gasteiger partial charge in [0.2, 0.25) is 11.8 Å². The fraction of sp³-hybridized carbons (Fsp3) is 0.100. The van der Waals surface area contributed by atoms with E-state index in [2.05, 4.69) is 16.3 Å². The fourth-order valence-corrected chi connectivity index (χ4v) is 3.20. The van der Waals surface area contributed by atoms with Gasteiger partial charge in [0.05, 0.1) is 24.3 Å². The second-order valence-corrected chi connectivity index (χ2v) is 5.88. The molecule has 128 valence electrons. The Morgan fingerprint density at radius 2 is 1.88 bits per heavy atom. The van der Waals surface area contributed by atoms with Crippen LogP contribution in [0.1, 0.15) is 17.0 Å². The number of benzene rings is 2. The number of nitrogens with zero attached hydrogens (tertiary/aromatic N) is 2. The van der Waals surface area contributed by atoms with Crippen molar-refractivity contribution >= 4 is 0 Å². The molecule has 3 aromatic rings. The molecule has 0 bridgehead atoms. The van der Waals surface area contributed by atoms with Crippen LogP contribution in [0.15, 0.2) is 66.1 Å². The molecule has 0 radical (unpaired) electrons. The molecule has 0 fully saturated rings.